The lowest BCUT2D eigenvalue weighted by Crippen LogP contribution is -2.40. The maximum absolute atomic E-state index is 13.3. The van der Waals surface area contributed by atoms with E-state index < -0.39 is 0 Å². The van der Waals surface area contributed by atoms with E-state index in [9.17, 15) is 14.4 Å². The number of hydrogen-bond acceptors (Lipinski definition) is 14. The lowest BCUT2D eigenvalue weighted by Gasteiger charge is -2.29. The van der Waals surface area contributed by atoms with E-state index in [2.05, 4.69) is 39.1 Å². The molecule has 2 amide bonds. The van der Waals surface area contributed by atoms with Crippen LogP contribution in [-0.4, -0.2) is 107 Å². The second-order valence-electron chi connectivity index (χ2n) is 15.2. The number of benzene rings is 1. The van der Waals surface area contributed by atoms with E-state index in [1.165, 1.54) is 39.0 Å². The van der Waals surface area contributed by atoms with Gasteiger partial charge in [-0.05, 0) is 80.2 Å². The molecule has 0 saturated heterocycles. The average Bonchev–Trinajstić information content (AvgIpc) is 3.95. The molecule has 17 heteroatoms. The van der Waals surface area contributed by atoms with E-state index in [-0.39, 0.29) is 28.8 Å². The number of carbonyl (C=O) groups excluding carboxylic acids is 3. The molecule has 60 heavy (non-hydrogen) atoms. The number of ether oxygens (including phenoxy) is 3. The predicted molar refractivity (Wildman–Crippen MR) is 239 cm³/mol. The molecule has 1 aromatic carbocycles. The van der Waals surface area contributed by atoms with Gasteiger partial charge in [-0.15, -0.1) is 22.7 Å². The number of methoxy groups -OCH3 is 3. The summed E-state index contributed by atoms with van der Waals surface area (Å²) in [6.07, 6.45) is 10.2. The third kappa shape index (κ3) is 9.58. The first kappa shape index (κ1) is 44.1. The Morgan fingerprint density at radius 3 is 1.93 bits per heavy atom. The van der Waals surface area contributed by atoms with E-state index >= 15 is 0 Å². The molecule has 0 bridgehead atoms. The number of aryl methyl sites for hydroxylation is 2. The van der Waals surface area contributed by atoms with E-state index in [0.29, 0.717) is 43.6 Å². The number of nitrogens with one attached hydrogen (secondary N) is 1. The molecule has 5 heterocycles. The predicted octanol–water partition coefficient (Wildman–Crippen LogP) is 7.94. The number of hydrogen-bond donors (Lipinski definition) is 1. The molecular formula is C43H52ClN7O6S3. The van der Waals surface area contributed by atoms with Gasteiger partial charge in [0.05, 0.1) is 36.8 Å². The van der Waals surface area contributed by atoms with Crippen LogP contribution in [0.15, 0.2) is 29.7 Å². The zero-order valence-corrected chi connectivity index (χ0v) is 38.0. The minimum absolute atomic E-state index is 0.0234. The summed E-state index contributed by atoms with van der Waals surface area (Å²) in [5, 5.41) is 6.12. The molecule has 13 nitrogen and oxygen atoms in total. The molecule has 8 rings (SSSR count). The molecule has 0 radical (unpaired) electrons. The van der Waals surface area contributed by atoms with Crippen molar-refractivity contribution >= 4 is 94.9 Å². The van der Waals surface area contributed by atoms with E-state index in [4.69, 9.17) is 25.8 Å². The zero-order valence-electron chi connectivity index (χ0n) is 34.8. The fraction of sp³-hybridized carbons (Fsp3) is 0.512. The number of carbonyl (C=O) groups is 3. The Kier molecular flexibility index (Phi) is 14.9. The fourth-order valence-electron chi connectivity index (χ4n) is 8.37. The Balaban J connectivity index is 0.000000197. The highest BCUT2D eigenvalue weighted by molar-refractivity contribution is 8.14. The Morgan fingerprint density at radius 1 is 0.800 bits per heavy atom. The van der Waals surface area contributed by atoms with E-state index in [1.807, 2.05) is 21.9 Å². The lowest BCUT2D eigenvalue weighted by atomic mass is 9.86. The molecule has 2 atom stereocenters. The van der Waals surface area contributed by atoms with Gasteiger partial charge in [0.1, 0.15) is 39.0 Å². The number of aromatic nitrogens is 4. The van der Waals surface area contributed by atoms with Gasteiger partial charge < -0.3 is 29.3 Å². The molecule has 4 aromatic heterocycles. The van der Waals surface area contributed by atoms with Crippen molar-refractivity contribution in [3.63, 3.8) is 0 Å². The van der Waals surface area contributed by atoms with E-state index in [1.54, 1.807) is 50.3 Å². The maximum Gasteiger partial charge on any atom is 0.226 e. The van der Waals surface area contributed by atoms with Crippen molar-refractivity contribution in [1.29, 1.82) is 0 Å². The van der Waals surface area contributed by atoms with Crippen LogP contribution in [0.5, 0.6) is 5.75 Å². The normalized spacial score (nSPS) is 16.8. The number of halogens is 1. The highest BCUT2D eigenvalue weighted by atomic mass is 35.5. The number of thioether (sulfide) groups is 1. The lowest BCUT2D eigenvalue weighted by molar-refractivity contribution is -0.137. The summed E-state index contributed by atoms with van der Waals surface area (Å²) in [6, 6.07) is 3.90. The standard InChI is InChI=1S/C26H30N4O4S2.C17H22ClN3O2S/c1-4-7-30(8-9-33-2)26(32)15-5-6-17-21(11-15)36-25-23(17)24(27-14-28-25)29-18-13-20-16(10-19(18)34-3)12-22(31)35-20;1-3-6-21(7-8-23-2)17(22)11-4-5-12-13(9-11)24-16-14(12)15(18)19-10-20-16/h10,13-15H,4-9,11-12H2,1-3H3,(H,27,28,29);10-11H,3-9H2,1-2H3. The Hall–Kier alpha value is -3.93. The summed E-state index contributed by atoms with van der Waals surface area (Å²) in [4.78, 5) is 64.8. The van der Waals surface area contributed by atoms with Gasteiger partial charge in [0.25, 0.3) is 0 Å². The summed E-state index contributed by atoms with van der Waals surface area (Å²) < 4.78 is 16.0. The molecule has 2 aliphatic carbocycles. The summed E-state index contributed by atoms with van der Waals surface area (Å²) in [6.45, 7) is 8.16. The van der Waals surface area contributed by atoms with Crippen LogP contribution < -0.4 is 10.1 Å². The summed E-state index contributed by atoms with van der Waals surface area (Å²) >= 11 is 10.8. The number of rotatable bonds is 15. The van der Waals surface area contributed by atoms with Crippen LogP contribution in [0.1, 0.15) is 66.0 Å². The van der Waals surface area contributed by atoms with Gasteiger partial charge in [0.2, 0.25) is 11.8 Å². The van der Waals surface area contributed by atoms with Gasteiger partial charge in [-0.1, -0.05) is 37.2 Å². The number of anilines is 2. The second kappa shape index (κ2) is 20.3. The van der Waals surface area contributed by atoms with Crippen LogP contribution in [0.3, 0.4) is 0 Å². The van der Waals surface area contributed by atoms with Gasteiger partial charge in [-0.25, -0.2) is 19.9 Å². The summed E-state index contributed by atoms with van der Waals surface area (Å²) in [5.41, 5.74) is 4.23. The fourth-order valence-corrected chi connectivity index (χ4v) is 12.1. The highest BCUT2D eigenvalue weighted by Gasteiger charge is 2.33. The van der Waals surface area contributed by atoms with Crippen molar-refractivity contribution in [2.45, 2.75) is 76.5 Å². The first-order chi connectivity index (χ1) is 29.2. The minimum atomic E-state index is -0.0234. The first-order valence-electron chi connectivity index (χ1n) is 20.6. The smallest absolute Gasteiger partial charge is 0.226 e. The minimum Gasteiger partial charge on any atom is -0.495 e. The number of nitrogens with zero attached hydrogens (tertiary/aromatic N) is 6. The van der Waals surface area contributed by atoms with Crippen LogP contribution in [0.2, 0.25) is 5.15 Å². The van der Waals surface area contributed by atoms with Crippen molar-refractivity contribution in [2.24, 2.45) is 11.8 Å². The molecule has 2 unspecified atom stereocenters. The quantitative estimate of drug-likeness (QED) is 0.102. The van der Waals surface area contributed by atoms with Crippen molar-refractivity contribution < 1.29 is 28.6 Å². The van der Waals surface area contributed by atoms with Gasteiger partial charge in [-0.2, -0.15) is 0 Å². The van der Waals surface area contributed by atoms with Crippen LogP contribution in [0, 0.1) is 11.8 Å². The highest BCUT2D eigenvalue weighted by Crippen LogP contribution is 2.44. The van der Waals surface area contributed by atoms with Crippen LogP contribution in [-0.2, 0) is 56.0 Å². The molecule has 1 aliphatic heterocycles. The topological polar surface area (TPSA) is 149 Å². The van der Waals surface area contributed by atoms with Crippen LogP contribution in [0.4, 0.5) is 11.5 Å². The Labute approximate surface area is 368 Å². The number of fused-ring (bicyclic) bond motifs is 7. The van der Waals surface area contributed by atoms with E-state index in [0.717, 1.165) is 107 Å². The monoisotopic (exact) mass is 893 g/mol. The molecule has 5 aromatic rings. The van der Waals surface area contributed by atoms with Gasteiger partial charge in [0, 0.05) is 73.3 Å². The van der Waals surface area contributed by atoms with Crippen LogP contribution in [0.25, 0.3) is 20.4 Å². The second-order valence-corrected chi connectivity index (χ2v) is 18.8. The molecule has 320 valence electrons. The SMILES string of the molecule is CCCN(CCOC)C(=O)C1CCc2c(sc3ncnc(Cl)c23)C1.CCCN(CCOC)C(=O)C1CCc2c(sc3ncnc(Nc4cc5c(cc4OC)CC(=O)S5)c23)C1. The number of thiophene rings is 2. The summed E-state index contributed by atoms with van der Waals surface area (Å²) in [5.74, 6) is 1.89. The Bertz CT molecular complexity index is 2350. The zero-order chi connectivity index (χ0) is 42.3. The van der Waals surface area contributed by atoms with Gasteiger partial charge in [0.15, 0.2) is 5.12 Å². The largest absolute Gasteiger partial charge is 0.495 e. The third-order valence-corrected chi connectivity index (χ3v) is 14.9. The van der Waals surface area contributed by atoms with Gasteiger partial charge >= 0.3 is 0 Å². The van der Waals surface area contributed by atoms with Crippen molar-refractivity contribution in [2.75, 3.05) is 66.0 Å². The molecule has 0 spiro atoms. The maximum atomic E-state index is 13.3. The molecular weight excluding hydrogens is 842 g/mol. The first-order valence-corrected chi connectivity index (χ1v) is 23.4. The molecule has 0 saturated carbocycles. The van der Waals surface area contributed by atoms with Crippen molar-refractivity contribution in [3.8, 4) is 5.75 Å². The van der Waals surface area contributed by atoms with Crippen molar-refractivity contribution in [1.82, 2.24) is 29.7 Å². The number of amides is 2. The van der Waals surface area contributed by atoms with Gasteiger partial charge in [-0.3, -0.25) is 14.4 Å². The third-order valence-electron chi connectivity index (χ3n) is 11.3. The molecule has 1 N–H and O–H groups in total. The summed E-state index contributed by atoms with van der Waals surface area (Å²) in [7, 11) is 4.97. The molecule has 3 aliphatic rings. The van der Waals surface area contributed by atoms with Crippen molar-refractivity contribution in [3.05, 3.63) is 56.4 Å². The van der Waals surface area contributed by atoms with Crippen LogP contribution >= 0.6 is 46.0 Å². The average molecular weight is 895 g/mol. The molecule has 0 fully saturated rings. The Morgan fingerprint density at radius 2 is 1.37 bits per heavy atom.